The molecule has 2 aromatic heterocycles. The number of amides is 2. The van der Waals surface area contributed by atoms with Gasteiger partial charge >= 0.3 is 6.03 Å². The SMILES string of the molecule is CSc1ccc(C2CCC2)c(CNC(=O)Nc2c(C)c(-c3cnn(C)c3)nn2-c2ccccc2)c1. The van der Waals surface area contributed by atoms with E-state index in [4.69, 9.17) is 5.10 Å². The zero-order valence-corrected chi connectivity index (χ0v) is 21.1. The Bertz CT molecular complexity index is 1340. The van der Waals surface area contributed by atoms with E-state index >= 15 is 0 Å². The van der Waals surface area contributed by atoms with Crippen molar-refractivity contribution in [2.24, 2.45) is 7.05 Å². The minimum Gasteiger partial charge on any atom is -0.334 e. The van der Waals surface area contributed by atoms with E-state index in [0.717, 1.165) is 22.5 Å². The van der Waals surface area contributed by atoms with E-state index in [2.05, 4.69) is 40.2 Å². The molecule has 1 aliphatic rings. The van der Waals surface area contributed by atoms with Gasteiger partial charge in [0, 0.05) is 35.8 Å². The van der Waals surface area contributed by atoms with Crippen molar-refractivity contribution >= 4 is 23.6 Å². The number of nitrogens with zero attached hydrogens (tertiary/aromatic N) is 4. The third kappa shape index (κ3) is 4.84. The van der Waals surface area contributed by atoms with Crippen LogP contribution in [0.15, 0.2) is 65.8 Å². The maximum Gasteiger partial charge on any atom is 0.320 e. The summed E-state index contributed by atoms with van der Waals surface area (Å²) in [4.78, 5) is 14.3. The number of carbonyl (C=O) groups is 1. The van der Waals surface area contributed by atoms with Gasteiger partial charge in [0.25, 0.3) is 0 Å². The van der Waals surface area contributed by atoms with Crippen molar-refractivity contribution in [2.75, 3.05) is 11.6 Å². The molecule has 0 aliphatic heterocycles. The van der Waals surface area contributed by atoms with E-state index in [9.17, 15) is 4.79 Å². The number of hydrogen-bond donors (Lipinski definition) is 2. The number of rotatable bonds is 7. The second-order valence-electron chi connectivity index (χ2n) is 8.97. The van der Waals surface area contributed by atoms with Crippen LogP contribution >= 0.6 is 11.8 Å². The number of anilines is 1. The lowest BCUT2D eigenvalue weighted by atomic mass is 9.78. The van der Waals surface area contributed by atoms with Crippen molar-refractivity contribution < 1.29 is 4.79 Å². The molecule has 0 saturated heterocycles. The van der Waals surface area contributed by atoms with Crippen molar-refractivity contribution in [2.45, 2.75) is 43.5 Å². The number of urea groups is 1. The number of para-hydroxylation sites is 1. The van der Waals surface area contributed by atoms with Gasteiger partial charge in [-0.25, -0.2) is 9.48 Å². The summed E-state index contributed by atoms with van der Waals surface area (Å²) >= 11 is 1.72. The maximum absolute atomic E-state index is 13.1. The minimum absolute atomic E-state index is 0.253. The fraction of sp³-hybridized carbons (Fsp3) is 0.296. The first-order chi connectivity index (χ1) is 17.0. The molecule has 0 radical (unpaired) electrons. The molecule has 8 heteroatoms. The molecule has 180 valence electrons. The van der Waals surface area contributed by atoms with Gasteiger partial charge in [0.2, 0.25) is 0 Å². The van der Waals surface area contributed by atoms with Gasteiger partial charge < -0.3 is 5.32 Å². The number of carbonyl (C=O) groups excluding carboxylic acids is 1. The van der Waals surface area contributed by atoms with Crippen LogP contribution in [0.2, 0.25) is 0 Å². The van der Waals surface area contributed by atoms with Gasteiger partial charge in [0.1, 0.15) is 11.5 Å². The molecule has 7 nitrogen and oxygen atoms in total. The molecule has 4 aromatic rings. The van der Waals surface area contributed by atoms with Crippen molar-refractivity contribution in [3.05, 3.63) is 77.6 Å². The number of nitrogens with one attached hydrogen (secondary N) is 2. The van der Waals surface area contributed by atoms with Crippen LogP contribution in [0.4, 0.5) is 10.6 Å². The maximum atomic E-state index is 13.1. The van der Waals surface area contributed by atoms with Crippen LogP contribution in [0.3, 0.4) is 0 Å². The highest BCUT2D eigenvalue weighted by atomic mass is 32.2. The first kappa shape index (κ1) is 23.2. The first-order valence-electron chi connectivity index (χ1n) is 11.9. The van der Waals surface area contributed by atoms with Gasteiger partial charge in [-0.15, -0.1) is 11.8 Å². The smallest absolute Gasteiger partial charge is 0.320 e. The van der Waals surface area contributed by atoms with Crippen LogP contribution < -0.4 is 10.6 Å². The number of benzene rings is 2. The molecule has 1 aliphatic carbocycles. The Kier molecular flexibility index (Phi) is 6.63. The van der Waals surface area contributed by atoms with Gasteiger partial charge in [-0.3, -0.25) is 10.00 Å². The second-order valence-corrected chi connectivity index (χ2v) is 9.85. The van der Waals surface area contributed by atoms with Crippen molar-refractivity contribution in [1.82, 2.24) is 24.9 Å². The monoisotopic (exact) mass is 486 g/mol. The summed E-state index contributed by atoms with van der Waals surface area (Å²) in [5, 5.41) is 15.3. The summed E-state index contributed by atoms with van der Waals surface area (Å²) in [7, 11) is 1.88. The molecule has 35 heavy (non-hydrogen) atoms. The Labute approximate surface area is 209 Å². The van der Waals surface area contributed by atoms with E-state index in [1.54, 1.807) is 27.3 Å². The number of thioether (sulfide) groups is 1. The molecule has 2 aromatic carbocycles. The summed E-state index contributed by atoms with van der Waals surface area (Å²) in [6.07, 6.45) is 9.53. The van der Waals surface area contributed by atoms with E-state index < -0.39 is 0 Å². The number of aromatic nitrogens is 4. The van der Waals surface area contributed by atoms with Crippen LogP contribution in [0, 0.1) is 6.92 Å². The quantitative estimate of drug-likeness (QED) is 0.319. The van der Waals surface area contributed by atoms with Gasteiger partial charge in [-0.1, -0.05) is 30.7 Å². The Morgan fingerprint density at radius 2 is 1.97 bits per heavy atom. The predicted molar refractivity (Wildman–Crippen MR) is 141 cm³/mol. The summed E-state index contributed by atoms with van der Waals surface area (Å²) in [5.74, 6) is 1.25. The largest absolute Gasteiger partial charge is 0.334 e. The van der Waals surface area contributed by atoms with E-state index in [-0.39, 0.29) is 6.03 Å². The Morgan fingerprint density at radius 3 is 2.63 bits per heavy atom. The second kappa shape index (κ2) is 10.00. The number of hydrogen-bond acceptors (Lipinski definition) is 4. The fourth-order valence-corrected chi connectivity index (χ4v) is 4.99. The van der Waals surface area contributed by atoms with Crippen LogP contribution in [0.25, 0.3) is 16.9 Å². The molecule has 0 atom stereocenters. The summed E-state index contributed by atoms with van der Waals surface area (Å²) in [6.45, 7) is 2.46. The summed E-state index contributed by atoms with van der Waals surface area (Å²) in [5.41, 5.74) is 6.01. The summed E-state index contributed by atoms with van der Waals surface area (Å²) < 4.78 is 3.53. The lowest BCUT2D eigenvalue weighted by Gasteiger charge is -2.28. The van der Waals surface area contributed by atoms with Crippen LogP contribution in [-0.4, -0.2) is 31.8 Å². The standard InChI is InChI=1S/C27H30N6OS/c1-18-25(21-16-29-32(2)17-21)31-33(22-10-5-4-6-11-22)26(18)30-27(34)28-15-20-14-23(35-3)12-13-24(20)19-8-7-9-19/h4-6,10-14,16-17,19H,7-9,15H2,1-3H3,(H2,28,30,34). The van der Waals surface area contributed by atoms with Gasteiger partial charge in [0.15, 0.2) is 0 Å². The van der Waals surface area contributed by atoms with Gasteiger partial charge in [-0.2, -0.15) is 10.2 Å². The van der Waals surface area contributed by atoms with Crippen molar-refractivity contribution in [3.63, 3.8) is 0 Å². The lowest BCUT2D eigenvalue weighted by molar-refractivity contribution is 0.251. The first-order valence-corrected chi connectivity index (χ1v) is 13.1. The molecule has 1 saturated carbocycles. The molecule has 0 spiro atoms. The van der Waals surface area contributed by atoms with Crippen molar-refractivity contribution in [1.29, 1.82) is 0 Å². The average molecular weight is 487 g/mol. The van der Waals surface area contributed by atoms with E-state index in [0.29, 0.717) is 18.3 Å². The molecule has 2 N–H and O–H groups in total. The van der Waals surface area contributed by atoms with E-state index in [1.165, 1.54) is 35.3 Å². The van der Waals surface area contributed by atoms with E-state index in [1.807, 2.05) is 50.5 Å². The zero-order valence-electron chi connectivity index (χ0n) is 20.3. The van der Waals surface area contributed by atoms with Crippen LogP contribution in [0.5, 0.6) is 0 Å². The third-order valence-electron chi connectivity index (χ3n) is 6.67. The van der Waals surface area contributed by atoms with Gasteiger partial charge in [0.05, 0.1) is 11.9 Å². The van der Waals surface area contributed by atoms with Crippen LogP contribution in [0.1, 0.15) is 41.9 Å². The Hall–Kier alpha value is -3.52. The topological polar surface area (TPSA) is 76.8 Å². The minimum atomic E-state index is -0.253. The fourth-order valence-electron chi connectivity index (χ4n) is 4.52. The summed E-state index contributed by atoms with van der Waals surface area (Å²) in [6, 6.07) is 16.2. The zero-order chi connectivity index (χ0) is 24.4. The van der Waals surface area contributed by atoms with Crippen molar-refractivity contribution in [3.8, 4) is 16.9 Å². The predicted octanol–water partition coefficient (Wildman–Crippen LogP) is 5.89. The average Bonchev–Trinajstić information content (AvgIpc) is 3.41. The van der Waals surface area contributed by atoms with Gasteiger partial charge in [-0.05, 0) is 67.3 Å². The third-order valence-corrected chi connectivity index (χ3v) is 7.39. The normalized spacial score (nSPS) is 13.5. The Balaban J connectivity index is 1.40. The highest BCUT2D eigenvalue weighted by Gasteiger charge is 2.23. The molecular formula is C27H30N6OS. The molecule has 2 heterocycles. The van der Waals surface area contributed by atoms with Crippen LogP contribution in [-0.2, 0) is 13.6 Å². The highest BCUT2D eigenvalue weighted by molar-refractivity contribution is 7.98. The molecule has 2 amide bonds. The molecule has 5 rings (SSSR count). The molecule has 1 fully saturated rings. The highest BCUT2D eigenvalue weighted by Crippen LogP contribution is 2.39. The molecule has 0 bridgehead atoms. The molecule has 0 unspecified atom stereocenters. The number of aryl methyl sites for hydroxylation is 1. The Morgan fingerprint density at radius 1 is 1.17 bits per heavy atom. The molecular weight excluding hydrogens is 456 g/mol. The lowest BCUT2D eigenvalue weighted by Crippen LogP contribution is -2.30.